The standard InChI is InChI=1S/C19H18N6O.C7H13NO/c1-11-4-16(12(2)20-7-11)24-19(26)14-5-13-6-17(23-18(13)21-8-14)15-9-22-25(3)10-15;9-6-8-5-7-3-1-2-4-7/h4-10H,1-3H3,(H,21,23)(H,24,26);6-7H,1-5H2,(H,8,9). The maximum atomic E-state index is 12.6. The Kier molecular flexibility index (Phi) is 7.54. The van der Waals surface area contributed by atoms with Gasteiger partial charge in [-0.1, -0.05) is 12.8 Å². The van der Waals surface area contributed by atoms with Crippen molar-refractivity contribution in [2.45, 2.75) is 39.5 Å². The van der Waals surface area contributed by atoms with Gasteiger partial charge < -0.3 is 15.6 Å². The van der Waals surface area contributed by atoms with Crippen molar-refractivity contribution in [2.24, 2.45) is 13.0 Å². The van der Waals surface area contributed by atoms with E-state index < -0.39 is 0 Å². The minimum atomic E-state index is -0.209. The Morgan fingerprint density at radius 2 is 1.94 bits per heavy atom. The average Bonchev–Trinajstić information content (AvgIpc) is 3.60. The molecule has 4 aromatic rings. The van der Waals surface area contributed by atoms with Crippen LogP contribution in [0.5, 0.6) is 0 Å². The molecule has 2 amide bonds. The summed E-state index contributed by atoms with van der Waals surface area (Å²) in [6.07, 6.45) is 13.2. The number of pyridine rings is 2. The van der Waals surface area contributed by atoms with Gasteiger partial charge in [-0.3, -0.25) is 19.3 Å². The van der Waals surface area contributed by atoms with Gasteiger partial charge in [0.25, 0.3) is 5.91 Å². The number of anilines is 1. The van der Waals surface area contributed by atoms with E-state index in [1.165, 1.54) is 25.7 Å². The Bertz CT molecular complexity index is 1320. The highest BCUT2D eigenvalue weighted by Gasteiger charge is 2.14. The maximum absolute atomic E-state index is 12.6. The van der Waals surface area contributed by atoms with E-state index in [1.807, 2.05) is 45.3 Å². The summed E-state index contributed by atoms with van der Waals surface area (Å²) in [5.41, 5.74) is 5.59. The van der Waals surface area contributed by atoms with Crippen LogP contribution in [0.25, 0.3) is 22.3 Å². The van der Waals surface area contributed by atoms with Gasteiger partial charge >= 0.3 is 0 Å². The molecule has 182 valence electrons. The van der Waals surface area contributed by atoms with Crippen LogP contribution < -0.4 is 10.6 Å². The molecule has 4 heterocycles. The zero-order chi connectivity index (χ0) is 24.8. The number of hydrogen-bond acceptors (Lipinski definition) is 5. The number of nitrogens with one attached hydrogen (secondary N) is 3. The van der Waals surface area contributed by atoms with E-state index in [0.29, 0.717) is 11.3 Å². The van der Waals surface area contributed by atoms with Gasteiger partial charge in [0.05, 0.1) is 28.8 Å². The lowest BCUT2D eigenvalue weighted by atomic mass is 10.1. The second-order valence-corrected chi connectivity index (χ2v) is 9.02. The van der Waals surface area contributed by atoms with Crippen molar-refractivity contribution in [3.63, 3.8) is 0 Å². The normalized spacial score (nSPS) is 13.3. The number of H-pyrrole nitrogens is 1. The Hall–Kier alpha value is -4.01. The number of aromatic nitrogens is 5. The largest absolute Gasteiger partial charge is 0.358 e. The van der Waals surface area contributed by atoms with Crippen LogP contribution in [-0.4, -0.2) is 43.6 Å². The third kappa shape index (κ3) is 6.11. The summed E-state index contributed by atoms with van der Waals surface area (Å²) in [6, 6.07) is 5.70. The number of carbonyl (C=O) groups is 2. The lowest BCUT2D eigenvalue weighted by Crippen LogP contribution is -2.18. The molecule has 0 saturated heterocycles. The molecule has 0 radical (unpaired) electrons. The molecule has 0 aliphatic heterocycles. The smallest absolute Gasteiger partial charge is 0.257 e. The van der Waals surface area contributed by atoms with Crippen molar-refractivity contribution in [2.75, 3.05) is 11.9 Å². The Morgan fingerprint density at radius 3 is 2.66 bits per heavy atom. The van der Waals surface area contributed by atoms with Crippen molar-refractivity contribution < 1.29 is 9.59 Å². The number of carbonyl (C=O) groups excluding carboxylic acids is 2. The molecule has 0 bridgehead atoms. The summed E-state index contributed by atoms with van der Waals surface area (Å²) >= 11 is 0. The first-order valence-corrected chi connectivity index (χ1v) is 11.8. The topological polar surface area (TPSA) is 118 Å². The van der Waals surface area contributed by atoms with Crippen LogP contribution in [0, 0.1) is 19.8 Å². The second-order valence-electron chi connectivity index (χ2n) is 9.02. The summed E-state index contributed by atoms with van der Waals surface area (Å²) in [6.45, 7) is 4.70. The first-order valence-electron chi connectivity index (χ1n) is 11.8. The predicted molar refractivity (Wildman–Crippen MR) is 136 cm³/mol. The lowest BCUT2D eigenvalue weighted by Gasteiger charge is -2.08. The van der Waals surface area contributed by atoms with Crippen LogP contribution >= 0.6 is 0 Å². The fraction of sp³-hybridized carbons (Fsp3) is 0.346. The van der Waals surface area contributed by atoms with Crippen LogP contribution in [0.4, 0.5) is 5.69 Å². The quantitative estimate of drug-likeness (QED) is 0.364. The Balaban J connectivity index is 0.000000271. The summed E-state index contributed by atoms with van der Waals surface area (Å²) in [7, 11) is 1.87. The first kappa shape index (κ1) is 24.1. The molecule has 0 spiro atoms. The molecule has 0 aromatic carbocycles. The van der Waals surface area contributed by atoms with Crippen molar-refractivity contribution in [1.82, 2.24) is 30.0 Å². The van der Waals surface area contributed by atoms with Gasteiger partial charge in [-0.05, 0) is 56.4 Å². The Morgan fingerprint density at radius 1 is 1.14 bits per heavy atom. The molecule has 1 fully saturated rings. The molecule has 9 heteroatoms. The number of hydrogen-bond donors (Lipinski definition) is 3. The van der Waals surface area contributed by atoms with Gasteiger partial charge in [0, 0.05) is 43.1 Å². The summed E-state index contributed by atoms with van der Waals surface area (Å²) in [5, 5.41) is 10.7. The van der Waals surface area contributed by atoms with Gasteiger partial charge in [0.15, 0.2) is 0 Å². The van der Waals surface area contributed by atoms with E-state index >= 15 is 0 Å². The van der Waals surface area contributed by atoms with E-state index in [9.17, 15) is 9.59 Å². The van der Waals surface area contributed by atoms with E-state index in [-0.39, 0.29) is 5.91 Å². The van der Waals surface area contributed by atoms with E-state index in [1.54, 1.807) is 23.3 Å². The van der Waals surface area contributed by atoms with Crippen molar-refractivity contribution >= 4 is 29.0 Å². The molecule has 9 nitrogen and oxygen atoms in total. The third-order valence-corrected chi connectivity index (χ3v) is 6.18. The molecular formula is C26H31N7O2. The molecule has 1 aliphatic carbocycles. The minimum Gasteiger partial charge on any atom is -0.358 e. The fourth-order valence-electron chi connectivity index (χ4n) is 4.24. The average molecular weight is 474 g/mol. The fourth-order valence-corrected chi connectivity index (χ4v) is 4.24. The van der Waals surface area contributed by atoms with Crippen LogP contribution in [-0.2, 0) is 11.8 Å². The number of aryl methyl sites for hydroxylation is 3. The number of rotatable bonds is 6. The number of fused-ring (bicyclic) bond motifs is 1. The summed E-state index contributed by atoms with van der Waals surface area (Å²) in [4.78, 5) is 34.3. The zero-order valence-electron chi connectivity index (χ0n) is 20.3. The van der Waals surface area contributed by atoms with Gasteiger partial charge in [-0.2, -0.15) is 5.10 Å². The molecule has 0 atom stereocenters. The molecule has 1 aliphatic rings. The predicted octanol–water partition coefficient (Wildman–Crippen LogP) is 4.15. The van der Waals surface area contributed by atoms with Gasteiger partial charge in [-0.25, -0.2) is 4.98 Å². The Labute approximate surface area is 204 Å². The van der Waals surface area contributed by atoms with Crippen LogP contribution in [0.2, 0.25) is 0 Å². The number of nitrogens with zero attached hydrogens (tertiary/aromatic N) is 4. The molecule has 35 heavy (non-hydrogen) atoms. The molecular weight excluding hydrogens is 442 g/mol. The first-order chi connectivity index (χ1) is 16.9. The molecule has 4 aromatic heterocycles. The zero-order valence-corrected chi connectivity index (χ0v) is 20.3. The van der Waals surface area contributed by atoms with Gasteiger partial charge in [0.1, 0.15) is 5.65 Å². The molecule has 0 unspecified atom stereocenters. The maximum Gasteiger partial charge on any atom is 0.257 e. The monoisotopic (exact) mass is 473 g/mol. The van der Waals surface area contributed by atoms with E-state index in [4.69, 9.17) is 0 Å². The van der Waals surface area contributed by atoms with Gasteiger partial charge in [0.2, 0.25) is 6.41 Å². The summed E-state index contributed by atoms with van der Waals surface area (Å²) < 4.78 is 1.74. The highest BCUT2D eigenvalue weighted by molar-refractivity contribution is 6.06. The minimum absolute atomic E-state index is 0.209. The molecule has 5 rings (SSSR count). The number of amides is 2. The lowest BCUT2D eigenvalue weighted by molar-refractivity contribution is -0.109. The van der Waals surface area contributed by atoms with E-state index in [2.05, 4.69) is 30.7 Å². The number of aromatic amines is 1. The van der Waals surface area contributed by atoms with Crippen LogP contribution in [0.3, 0.4) is 0 Å². The highest BCUT2D eigenvalue weighted by atomic mass is 16.1. The van der Waals surface area contributed by atoms with Crippen LogP contribution in [0.15, 0.2) is 43.0 Å². The SMILES string of the molecule is Cc1cnc(C)c(NC(=O)c2cnc3[nH]c(-c4cnn(C)c4)cc3c2)c1.O=CNCC1CCCC1. The second kappa shape index (κ2) is 10.9. The molecule has 1 saturated carbocycles. The highest BCUT2D eigenvalue weighted by Crippen LogP contribution is 2.24. The van der Waals surface area contributed by atoms with Crippen molar-refractivity contribution in [1.29, 1.82) is 0 Å². The third-order valence-electron chi connectivity index (χ3n) is 6.18. The van der Waals surface area contributed by atoms with Crippen molar-refractivity contribution in [3.05, 3.63) is 59.8 Å². The molecule has 3 N–H and O–H groups in total. The summed E-state index contributed by atoms with van der Waals surface area (Å²) in [5.74, 6) is 0.564. The van der Waals surface area contributed by atoms with Gasteiger partial charge in [-0.15, -0.1) is 0 Å². The van der Waals surface area contributed by atoms with E-state index in [0.717, 1.165) is 52.4 Å². The van der Waals surface area contributed by atoms with Crippen molar-refractivity contribution in [3.8, 4) is 11.3 Å². The van der Waals surface area contributed by atoms with Crippen LogP contribution in [0.1, 0.15) is 47.3 Å².